The minimum absolute atomic E-state index is 0.266. The zero-order valence-electron chi connectivity index (χ0n) is 16.6. The van der Waals surface area contributed by atoms with Crippen LogP contribution >= 0.6 is 0 Å². The fourth-order valence-electron chi connectivity index (χ4n) is 3.63. The largest absolute Gasteiger partial charge is 0.363 e. The Kier molecular flexibility index (Phi) is 4.21. The van der Waals surface area contributed by atoms with Crippen molar-refractivity contribution < 1.29 is 4.79 Å². The summed E-state index contributed by atoms with van der Waals surface area (Å²) in [6.07, 6.45) is 3.64. The molecular formula is C23H20N6O. The van der Waals surface area contributed by atoms with Crippen molar-refractivity contribution in [2.24, 2.45) is 0 Å². The fourth-order valence-corrected chi connectivity index (χ4v) is 3.63. The highest BCUT2D eigenvalue weighted by molar-refractivity contribution is 6.09. The van der Waals surface area contributed by atoms with Gasteiger partial charge in [0.2, 0.25) is 0 Å². The second kappa shape index (κ2) is 7.04. The Morgan fingerprint density at radius 2 is 1.87 bits per heavy atom. The molecular weight excluding hydrogens is 376 g/mol. The summed E-state index contributed by atoms with van der Waals surface area (Å²) < 4.78 is 0. The summed E-state index contributed by atoms with van der Waals surface area (Å²) in [6.45, 7) is 0. The Morgan fingerprint density at radius 1 is 1.00 bits per heavy atom. The molecule has 0 atom stereocenters. The predicted molar refractivity (Wildman–Crippen MR) is 120 cm³/mol. The molecule has 0 saturated heterocycles. The maximum Gasteiger partial charge on any atom is 0.274 e. The molecule has 3 heterocycles. The molecule has 0 aliphatic carbocycles. The van der Waals surface area contributed by atoms with Gasteiger partial charge in [-0.2, -0.15) is 5.10 Å². The summed E-state index contributed by atoms with van der Waals surface area (Å²) in [6, 6.07) is 17.6. The molecule has 3 aromatic heterocycles. The van der Waals surface area contributed by atoms with Crippen LogP contribution in [0.2, 0.25) is 0 Å². The van der Waals surface area contributed by atoms with E-state index in [2.05, 4.69) is 37.6 Å². The molecule has 148 valence electrons. The van der Waals surface area contributed by atoms with Gasteiger partial charge in [0.1, 0.15) is 11.5 Å². The summed E-state index contributed by atoms with van der Waals surface area (Å²) in [4.78, 5) is 22.5. The van der Waals surface area contributed by atoms with Gasteiger partial charge in [-0.25, -0.2) is 4.98 Å². The molecule has 0 radical (unpaired) electrons. The lowest BCUT2D eigenvalue weighted by Gasteiger charge is -2.13. The van der Waals surface area contributed by atoms with Crippen molar-refractivity contribution in [2.45, 2.75) is 0 Å². The highest BCUT2D eigenvalue weighted by atomic mass is 16.1. The molecule has 5 aromatic rings. The molecule has 0 aliphatic heterocycles. The van der Waals surface area contributed by atoms with E-state index in [0.717, 1.165) is 38.8 Å². The van der Waals surface area contributed by atoms with E-state index in [0.29, 0.717) is 11.4 Å². The predicted octanol–water partition coefficient (Wildman–Crippen LogP) is 4.42. The van der Waals surface area contributed by atoms with E-state index in [-0.39, 0.29) is 5.91 Å². The van der Waals surface area contributed by atoms with Crippen molar-refractivity contribution in [3.05, 3.63) is 72.7 Å². The Bertz CT molecular complexity index is 1380. The normalized spacial score (nSPS) is 11.1. The quantitative estimate of drug-likeness (QED) is 0.419. The molecule has 0 bridgehead atoms. The number of nitrogens with zero attached hydrogens (tertiary/aromatic N) is 3. The number of aromatic amines is 2. The van der Waals surface area contributed by atoms with Crippen molar-refractivity contribution >= 4 is 39.2 Å². The maximum atomic E-state index is 12.9. The molecule has 0 saturated carbocycles. The lowest BCUT2D eigenvalue weighted by molar-refractivity contribution is 0.102. The maximum absolute atomic E-state index is 12.9. The highest BCUT2D eigenvalue weighted by Crippen LogP contribution is 2.34. The summed E-state index contributed by atoms with van der Waals surface area (Å²) in [7, 11) is 3.79. The van der Waals surface area contributed by atoms with Crippen LogP contribution in [0.3, 0.4) is 0 Å². The van der Waals surface area contributed by atoms with Gasteiger partial charge < -0.3 is 15.2 Å². The zero-order valence-corrected chi connectivity index (χ0v) is 16.6. The monoisotopic (exact) mass is 396 g/mol. The van der Waals surface area contributed by atoms with Gasteiger partial charge in [0.25, 0.3) is 5.91 Å². The molecule has 5 rings (SSSR count). The molecule has 0 unspecified atom stereocenters. The Labute approximate surface area is 172 Å². The van der Waals surface area contributed by atoms with Gasteiger partial charge in [-0.3, -0.25) is 9.89 Å². The number of H-pyrrole nitrogens is 2. The molecule has 0 spiro atoms. The SMILES string of the molecule is CN(C)c1cccc(C(=O)Nc2cc(-c3cccc4[nH]ccc34)cc3[nH]ncc23)n1. The molecule has 2 aromatic carbocycles. The number of hydrogen-bond acceptors (Lipinski definition) is 4. The van der Waals surface area contributed by atoms with Crippen LogP contribution < -0.4 is 10.2 Å². The highest BCUT2D eigenvalue weighted by Gasteiger charge is 2.15. The van der Waals surface area contributed by atoms with Crippen LogP contribution in [0.15, 0.2) is 67.0 Å². The number of hydrogen-bond donors (Lipinski definition) is 3. The second-order valence-corrected chi connectivity index (χ2v) is 7.33. The number of aromatic nitrogens is 4. The van der Waals surface area contributed by atoms with Gasteiger partial charge in [-0.1, -0.05) is 18.2 Å². The molecule has 3 N–H and O–H groups in total. The van der Waals surface area contributed by atoms with Crippen molar-refractivity contribution in [1.29, 1.82) is 0 Å². The number of carbonyl (C=O) groups is 1. The van der Waals surface area contributed by atoms with Crippen LogP contribution in [-0.4, -0.2) is 40.2 Å². The average Bonchev–Trinajstić information content (AvgIpc) is 3.42. The van der Waals surface area contributed by atoms with Crippen LogP contribution in [0.1, 0.15) is 10.5 Å². The molecule has 7 heteroatoms. The third-order valence-corrected chi connectivity index (χ3v) is 5.14. The number of anilines is 2. The minimum atomic E-state index is -0.266. The first-order valence-electron chi connectivity index (χ1n) is 9.59. The standard InChI is InChI=1S/C23H20N6O/c1-29(2)22-8-4-7-19(26-22)23(30)27-20-11-14(12-21-17(20)13-25-28-21)15-5-3-6-18-16(15)9-10-24-18/h3-13,24H,1-2H3,(H,25,28)(H,27,30). The van der Waals surface area contributed by atoms with E-state index in [1.807, 2.05) is 61.6 Å². The first kappa shape index (κ1) is 17.9. The topological polar surface area (TPSA) is 89.7 Å². The van der Waals surface area contributed by atoms with Gasteiger partial charge in [0.15, 0.2) is 0 Å². The number of nitrogens with one attached hydrogen (secondary N) is 3. The Morgan fingerprint density at radius 3 is 2.73 bits per heavy atom. The Balaban J connectivity index is 1.58. The van der Waals surface area contributed by atoms with Crippen molar-refractivity contribution in [2.75, 3.05) is 24.3 Å². The van der Waals surface area contributed by atoms with Crippen molar-refractivity contribution in [3.63, 3.8) is 0 Å². The van der Waals surface area contributed by atoms with Crippen LogP contribution in [0.5, 0.6) is 0 Å². The average molecular weight is 396 g/mol. The van der Waals surface area contributed by atoms with E-state index < -0.39 is 0 Å². The zero-order chi connectivity index (χ0) is 20.7. The van der Waals surface area contributed by atoms with Gasteiger partial charge >= 0.3 is 0 Å². The summed E-state index contributed by atoms with van der Waals surface area (Å²) >= 11 is 0. The summed E-state index contributed by atoms with van der Waals surface area (Å²) in [5.74, 6) is 0.460. The number of fused-ring (bicyclic) bond motifs is 2. The first-order chi connectivity index (χ1) is 14.6. The van der Waals surface area contributed by atoms with E-state index in [9.17, 15) is 4.79 Å². The third kappa shape index (κ3) is 3.06. The number of pyridine rings is 1. The first-order valence-corrected chi connectivity index (χ1v) is 9.59. The third-order valence-electron chi connectivity index (χ3n) is 5.14. The molecule has 7 nitrogen and oxygen atoms in total. The van der Waals surface area contributed by atoms with E-state index in [1.165, 1.54) is 0 Å². The van der Waals surface area contributed by atoms with E-state index in [4.69, 9.17) is 0 Å². The lowest BCUT2D eigenvalue weighted by atomic mass is 9.99. The number of amides is 1. The second-order valence-electron chi connectivity index (χ2n) is 7.33. The summed E-state index contributed by atoms with van der Waals surface area (Å²) in [5.41, 5.74) is 5.02. The fraction of sp³-hybridized carbons (Fsp3) is 0.0870. The van der Waals surface area contributed by atoms with Gasteiger partial charge in [-0.05, 0) is 47.5 Å². The van der Waals surface area contributed by atoms with Crippen LogP contribution in [-0.2, 0) is 0 Å². The number of rotatable bonds is 4. The van der Waals surface area contributed by atoms with E-state index >= 15 is 0 Å². The van der Waals surface area contributed by atoms with Gasteiger partial charge in [0, 0.05) is 36.6 Å². The molecule has 0 fully saturated rings. The van der Waals surface area contributed by atoms with Crippen LogP contribution in [0.25, 0.3) is 32.9 Å². The smallest absolute Gasteiger partial charge is 0.274 e. The van der Waals surface area contributed by atoms with Crippen LogP contribution in [0, 0.1) is 0 Å². The van der Waals surface area contributed by atoms with Crippen LogP contribution in [0.4, 0.5) is 11.5 Å². The molecule has 30 heavy (non-hydrogen) atoms. The van der Waals surface area contributed by atoms with Crippen molar-refractivity contribution in [3.8, 4) is 11.1 Å². The van der Waals surface area contributed by atoms with E-state index in [1.54, 1.807) is 12.3 Å². The molecule has 1 amide bonds. The number of carbonyl (C=O) groups excluding carboxylic acids is 1. The summed E-state index contributed by atoms with van der Waals surface area (Å²) in [5, 5.41) is 12.2. The van der Waals surface area contributed by atoms with Gasteiger partial charge in [-0.15, -0.1) is 0 Å². The van der Waals surface area contributed by atoms with Crippen molar-refractivity contribution in [1.82, 2.24) is 20.2 Å². The number of benzene rings is 2. The molecule has 0 aliphatic rings. The minimum Gasteiger partial charge on any atom is -0.363 e. The lowest BCUT2D eigenvalue weighted by Crippen LogP contribution is -2.17. The van der Waals surface area contributed by atoms with Gasteiger partial charge in [0.05, 0.1) is 17.4 Å². The Hall–Kier alpha value is -4.13.